The van der Waals surface area contributed by atoms with Crippen LogP contribution in [0.2, 0.25) is 0 Å². The SMILES string of the molecule is CC(C)(C)C1=CC2C(C(C3=CC=C4c5c(c(-c6ccccc6)c6c(cc7c8c(cccc86)C6=C7CCC=C6)c5-c5ccccc5-c5ccccc5)C5=CC6=C(C=CCC6)C3C45)=C1)c1ccc(C(C)(C)C)cc1C2(C)C. The molecule has 0 amide bonds. The second-order valence-electron chi connectivity index (χ2n) is 25.7. The van der Waals surface area contributed by atoms with Crippen molar-refractivity contribution in [2.75, 3.05) is 0 Å². The molecule has 0 spiro atoms. The zero-order valence-corrected chi connectivity index (χ0v) is 45.0. The van der Waals surface area contributed by atoms with Gasteiger partial charge in [-0.3, -0.25) is 0 Å². The molecular formula is C75H66. The van der Waals surface area contributed by atoms with Gasteiger partial charge in [0.25, 0.3) is 0 Å². The molecule has 0 heteroatoms. The molecule has 366 valence electrons. The molecule has 75 heavy (non-hydrogen) atoms. The van der Waals surface area contributed by atoms with Gasteiger partial charge in [0.2, 0.25) is 0 Å². The van der Waals surface area contributed by atoms with Crippen molar-refractivity contribution in [1.82, 2.24) is 0 Å². The predicted molar refractivity (Wildman–Crippen MR) is 319 cm³/mol. The standard InChI is InChI=1S/C75H66/c1-73(2,3)46-34-35-55-62(40-46)75(7,8)63-41-47(74(4,5)6)39-58(66(55)63)54-36-37-57-70-60(38-45-26-15-16-28-49(45)67(54)70)72-64(44-24-13-10-14-25-44)69-56-33-21-32-53-50-29-18-19-30-51(50)59(65(53)56)42-61(69)68(71(57)72)52-31-20-17-27-48(52)43-22-11-9-12-23-43/h9-14,16-18,20-25,27-29,31-42,63,66-67,70H,15,19,26,30H2,1-8H3. The monoisotopic (exact) mass is 967 g/mol. The van der Waals surface area contributed by atoms with Gasteiger partial charge in [-0.1, -0.05) is 231 Å². The average Bonchev–Trinajstić information content (AvgIpc) is 4.13. The molecule has 0 aromatic heterocycles. The maximum atomic E-state index is 2.71. The number of benzene rings is 7. The third-order valence-corrected chi connectivity index (χ3v) is 19.2. The summed E-state index contributed by atoms with van der Waals surface area (Å²) in [5, 5.41) is 5.54. The van der Waals surface area contributed by atoms with Crippen molar-refractivity contribution >= 4 is 43.8 Å². The molecule has 0 bridgehead atoms. The van der Waals surface area contributed by atoms with Gasteiger partial charge in [0.15, 0.2) is 0 Å². The fourth-order valence-corrected chi connectivity index (χ4v) is 15.6. The molecule has 0 heterocycles. The smallest absolute Gasteiger partial charge is 0.0212 e. The first kappa shape index (κ1) is 45.1. The summed E-state index contributed by atoms with van der Waals surface area (Å²) in [6.45, 7) is 19.5. The minimum atomic E-state index is -0.0373. The van der Waals surface area contributed by atoms with Gasteiger partial charge in [-0.05, 0) is 198 Å². The van der Waals surface area contributed by atoms with E-state index in [0.717, 1.165) is 25.7 Å². The van der Waals surface area contributed by atoms with Gasteiger partial charge in [-0.15, -0.1) is 0 Å². The van der Waals surface area contributed by atoms with Crippen molar-refractivity contribution in [3.05, 3.63) is 249 Å². The van der Waals surface area contributed by atoms with E-state index in [1.807, 2.05) is 0 Å². The van der Waals surface area contributed by atoms with E-state index in [2.05, 4.69) is 237 Å². The first-order valence-corrected chi connectivity index (χ1v) is 28.1. The summed E-state index contributed by atoms with van der Waals surface area (Å²) in [4.78, 5) is 0. The Bertz CT molecular complexity index is 4010. The quantitative estimate of drug-likeness (QED) is 0.154. The summed E-state index contributed by atoms with van der Waals surface area (Å²) in [6.07, 6.45) is 27.5. The zero-order valence-electron chi connectivity index (χ0n) is 45.0. The van der Waals surface area contributed by atoms with Gasteiger partial charge in [0.05, 0.1) is 0 Å². The summed E-state index contributed by atoms with van der Waals surface area (Å²) in [7, 11) is 0. The Hall–Kier alpha value is -7.28. The van der Waals surface area contributed by atoms with E-state index in [9.17, 15) is 0 Å². The van der Waals surface area contributed by atoms with E-state index < -0.39 is 0 Å². The molecule has 4 atom stereocenters. The maximum Gasteiger partial charge on any atom is 0.0212 e. The van der Waals surface area contributed by atoms with Crippen LogP contribution in [-0.2, 0) is 10.8 Å². The summed E-state index contributed by atoms with van der Waals surface area (Å²) in [5.41, 5.74) is 31.5. The van der Waals surface area contributed by atoms with Crippen molar-refractivity contribution in [3.8, 4) is 33.4 Å². The summed E-state index contributed by atoms with van der Waals surface area (Å²) in [6, 6.07) is 49.5. The van der Waals surface area contributed by atoms with E-state index in [1.54, 1.807) is 0 Å². The number of hydrogen-bond donors (Lipinski definition) is 0. The minimum absolute atomic E-state index is 0.00913. The van der Waals surface area contributed by atoms with E-state index in [-0.39, 0.29) is 34.0 Å². The van der Waals surface area contributed by atoms with Crippen LogP contribution >= 0.6 is 0 Å². The lowest BCUT2D eigenvalue weighted by molar-refractivity contribution is 0.373. The zero-order chi connectivity index (χ0) is 50.9. The average molecular weight is 967 g/mol. The number of allylic oxidation sites excluding steroid dienone is 18. The second-order valence-corrected chi connectivity index (χ2v) is 25.7. The van der Waals surface area contributed by atoms with Gasteiger partial charge < -0.3 is 0 Å². The van der Waals surface area contributed by atoms with E-state index in [1.165, 1.54) is 144 Å². The normalized spacial score (nSPS) is 22.5. The third-order valence-electron chi connectivity index (χ3n) is 19.2. The molecule has 0 nitrogen and oxygen atoms in total. The highest BCUT2D eigenvalue weighted by Crippen LogP contribution is 2.68. The largest absolute Gasteiger partial charge is 0.0839 e. The lowest BCUT2D eigenvalue weighted by Gasteiger charge is -2.43. The first-order chi connectivity index (χ1) is 36.3. The van der Waals surface area contributed by atoms with E-state index >= 15 is 0 Å². The highest BCUT2D eigenvalue weighted by atomic mass is 14.6. The van der Waals surface area contributed by atoms with Gasteiger partial charge in [0, 0.05) is 17.8 Å². The van der Waals surface area contributed by atoms with Crippen LogP contribution in [0.15, 0.2) is 210 Å². The van der Waals surface area contributed by atoms with Crippen LogP contribution < -0.4 is 0 Å². The maximum absolute atomic E-state index is 2.71. The Morgan fingerprint density at radius 3 is 1.96 bits per heavy atom. The number of rotatable bonds is 4. The fourth-order valence-electron chi connectivity index (χ4n) is 15.6. The Kier molecular flexibility index (Phi) is 9.56. The lowest BCUT2D eigenvalue weighted by Crippen LogP contribution is -2.32. The van der Waals surface area contributed by atoms with Crippen LogP contribution in [0, 0.1) is 23.2 Å². The van der Waals surface area contributed by atoms with Crippen LogP contribution in [0.5, 0.6) is 0 Å². The summed E-state index contributed by atoms with van der Waals surface area (Å²) in [5.74, 6) is 0.922. The van der Waals surface area contributed by atoms with Crippen molar-refractivity contribution in [3.63, 3.8) is 0 Å². The Labute approximate surface area is 444 Å². The molecule has 15 rings (SSSR count). The molecule has 0 N–H and O–H groups in total. The molecule has 0 aliphatic heterocycles. The Morgan fingerprint density at radius 2 is 1.19 bits per heavy atom. The van der Waals surface area contributed by atoms with Crippen LogP contribution in [0.4, 0.5) is 0 Å². The molecule has 0 saturated heterocycles. The summed E-state index contributed by atoms with van der Waals surface area (Å²) < 4.78 is 0. The molecular weight excluding hydrogens is 901 g/mol. The molecule has 0 saturated carbocycles. The van der Waals surface area contributed by atoms with Gasteiger partial charge >= 0.3 is 0 Å². The number of hydrogen-bond acceptors (Lipinski definition) is 0. The first-order valence-electron chi connectivity index (χ1n) is 28.1. The van der Waals surface area contributed by atoms with Gasteiger partial charge in [-0.25, -0.2) is 0 Å². The van der Waals surface area contributed by atoms with E-state index in [4.69, 9.17) is 0 Å². The van der Waals surface area contributed by atoms with Crippen LogP contribution in [0.25, 0.3) is 77.2 Å². The van der Waals surface area contributed by atoms with Crippen molar-refractivity contribution < 1.29 is 0 Å². The van der Waals surface area contributed by atoms with Crippen LogP contribution in [-0.4, -0.2) is 0 Å². The Balaban J connectivity index is 1.08. The third kappa shape index (κ3) is 6.35. The Morgan fingerprint density at radius 1 is 0.493 bits per heavy atom. The van der Waals surface area contributed by atoms with E-state index in [0.29, 0.717) is 5.92 Å². The van der Waals surface area contributed by atoms with Crippen LogP contribution in [0.1, 0.15) is 126 Å². The minimum Gasteiger partial charge on any atom is -0.0839 e. The molecule has 4 unspecified atom stereocenters. The number of fused-ring (bicyclic) bond motifs is 11. The molecule has 8 aliphatic carbocycles. The van der Waals surface area contributed by atoms with Crippen LogP contribution in [0.3, 0.4) is 0 Å². The van der Waals surface area contributed by atoms with Crippen molar-refractivity contribution in [2.45, 2.75) is 97.8 Å². The van der Waals surface area contributed by atoms with Gasteiger partial charge in [-0.2, -0.15) is 0 Å². The fraction of sp³-hybridized carbons (Fsp3) is 0.253. The highest BCUT2D eigenvalue weighted by Gasteiger charge is 2.53. The van der Waals surface area contributed by atoms with Gasteiger partial charge in [0.1, 0.15) is 0 Å². The topological polar surface area (TPSA) is 0 Å². The molecule has 8 aliphatic rings. The summed E-state index contributed by atoms with van der Waals surface area (Å²) >= 11 is 0. The molecule has 7 aromatic carbocycles. The molecule has 0 fully saturated rings. The highest BCUT2D eigenvalue weighted by molar-refractivity contribution is 6.30. The second kappa shape index (κ2) is 15.9. The van der Waals surface area contributed by atoms with Crippen molar-refractivity contribution in [1.29, 1.82) is 0 Å². The lowest BCUT2D eigenvalue weighted by atomic mass is 9.60. The molecule has 0 radical (unpaired) electrons. The molecule has 7 aromatic rings. The predicted octanol–water partition coefficient (Wildman–Crippen LogP) is 20.1. The van der Waals surface area contributed by atoms with Crippen molar-refractivity contribution in [2.24, 2.45) is 23.2 Å².